The van der Waals surface area contributed by atoms with Crippen LogP contribution in [0.2, 0.25) is 5.02 Å². The smallest absolute Gasteiger partial charge is 0.254 e. The molecule has 0 aliphatic heterocycles. The highest BCUT2D eigenvalue weighted by Gasteiger charge is 2.13. The molecular formula is C15H21ClFNO. The van der Waals surface area contributed by atoms with Gasteiger partial charge in [-0.3, -0.25) is 4.79 Å². The van der Waals surface area contributed by atoms with Gasteiger partial charge >= 0.3 is 0 Å². The summed E-state index contributed by atoms with van der Waals surface area (Å²) in [5.74, 6) is -0.491. The van der Waals surface area contributed by atoms with Crippen LogP contribution in [-0.2, 0) is 0 Å². The van der Waals surface area contributed by atoms with E-state index < -0.39 is 5.82 Å². The van der Waals surface area contributed by atoms with Crippen molar-refractivity contribution >= 4 is 17.5 Å². The molecular weight excluding hydrogens is 265 g/mol. The van der Waals surface area contributed by atoms with Crippen molar-refractivity contribution in [2.24, 2.45) is 5.92 Å². The number of unbranched alkanes of at least 4 members (excludes halogenated alkanes) is 1. The first-order valence-electron chi connectivity index (χ1n) is 6.81. The molecule has 0 aliphatic carbocycles. The number of hydrogen-bond acceptors (Lipinski definition) is 1. The van der Waals surface area contributed by atoms with Crippen LogP contribution in [0.25, 0.3) is 0 Å². The van der Waals surface area contributed by atoms with Gasteiger partial charge in [-0.25, -0.2) is 4.39 Å². The fourth-order valence-electron chi connectivity index (χ4n) is 1.95. The maximum atomic E-state index is 13.6. The Bertz CT molecular complexity index is 423. The van der Waals surface area contributed by atoms with Crippen molar-refractivity contribution < 1.29 is 9.18 Å². The summed E-state index contributed by atoms with van der Waals surface area (Å²) < 4.78 is 13.6. The molecule has 0 saturated heterocycles. The third-order valence-corrected chi connectivity index (χ3v) is 3.51. The van der Waals surface area contributed by atoms with Crippen LogP contribution in [0.1, 0.15) is 49.9 Å². The molecule has 0 aliphatic rings. The summed E-state index contributed by atoms with van der Waals surface area (Å²) in [6.07, 6.45) is 4.42. The lowest BCUT2D eigenvalue weighted by atomic mass is 9.99. The number of carbonyl (C=O) groups is 1. The van der Waals surface area contributed by atoms with E-state index in [4.69, 9.17) is 11.6 Å². The van der Waals surface area contributed by atoms with Crippen LogP contribution in [0.5, 0.6) is 0 Å². The molecule has 1 amide bonds. The zero-order chi connectivity index (χ0) is 14.3. The predicted molar refractivity (Wildman–Crippen MR) is 77.0 cm³/mol. The van der Waals surface area contributed by atoms with Crippen LogP contribution in [0.15, 0.2) is 18.2 Å². The summed E-state index contributed by atoms with van der Waals surface area (Å²) in [4.78, 5) is 11.9. The van der Waals surface area contributed by atoms with Crippen LogP contribution in [0.3, 0.4) is 0 Å². The molecule has 1 aromatic rings. The summed E-state index contributed by atoms with van der Waals surface area (Å²) in [5, 5.41) is 3.09. The van der Waals surface area contributed by atoms with E-state index in [0.717, 1.165) is 31.7 Å². The van der Waals surface area contributed by atoms with Crippen molar-refractivity contribution in [2.45, 2.75) is 39.5 Å². The minimum atomic E-state index is -0.577. The van der Waals surface area contributed by atoms with E-state index in [1.807, 2.05) is 0 Å². The summed E-state index contributed by atoms with van der Waals surface area (Å²) >= 11 is 5.66. The van der Waals surface area contributed by atoms with E-state index in [1.165, 1.54) is 12.1 Å². The van der Waals surface area contributed by atoms with Gasteiger partial charge in [0.25, 0.3) is 5.91 Å². The summed E-state index contributed by atoms with van der Waals surface area (Å²) in [5.41, 5.74) is 0.0507. The van der Waals surface area contributed by atoms with Gasteiger partial charge in [-0.2, -0.15) is 0 Å². The molecule has 1 N–H and O–H groups in total. The van der Waals surface area contributed by atoms with Crippen molar-refractivity contribution in [1.82, 2.24) is 5.32 Å². The van der Waals surface area contributed by atoms with Gasteiger partial charge in [0.05, 0.1) is 5.56 Å². The molecule has 0 radical (unpaired) electrons. The van der Waals surface area contributed by atoms with E-state index in [2.05, 4.69) is 19.2 Å². The van der Waals surface area contributed by atoms with Gasteiger partial charge in [-0.15, -0.1) is 0 Å². The lowest BCUT2D eigenvalue weighted by Crippen LogP contribution is -2.29. The Morgan fingerprint density at radius 3 is 2.74 bits per heavy atom. The normalized spacial score (nSPS) is 12.2. The summed E-state index contributed by atoms with van der Waals surface area (Å²) in [7, 11) is 0. The second kappa shape index (κ2) is 8.16. The van der Waals surface area contributed by atoms with E-state index in [1.54, 1.807) is 0 Å². The standard InChI is InChI=1S/C15H21ClFNO/c1-3-5-6-11(4-2)10-18-15(19)13-8-7-12(16)9-14(13)17/h7-9,11H,3-6,10H2,1-2H3,(H,18,19)/t11-/m1/s1. The van der Waals surface area contributed by atoms with Gasteiger partial charge in [0.2, 0.25) is 0 Å². The van der Waals surface area contributed by atoms with Crippen LogP contribution >= 0.6 is 11.6 Å². The van der Waals surface area contributed by atoms with Gasteiger partial charge in [0.1, 0.15) is 5.82 Å². The molecule has 0 heterocycles. The van der Waals surface area contributed by atoms with Gasteiger partial charge in [0.15, 0.2) is 0 Å². The molecule has 0 saturated carbocycles. The third-order valence-electron chi connectivity index (χ3n) is 3.27. The molecule has 19 heavy (non-hydrogen) atoms. The highest BCUT2D eigenvalue weighted by Crippen LogP contribution is 2.15. The lowest BCUT2D eigenvalue weighted by Gasteiger charge is -2.15. The maximum absolute atomic E-state index is 13.6. The van der Waals surface area contributed by atoms with Crippen molar-refractivity contribution in [3.8, 4) is 0 Å². The maximum Gasteiger partial charge on any atom is 0.254 e. The van der Waals surface area contributed by atoms with E-state index in [-0.39, 0.29) is 11.5 Å². The van der Waals surface area contributed by atoms with E-state index in [0.29, 0.717) is 17.5 Å². The van der Waals surface area contributed by atoms with Crippen LogP contribution in [0, 0.1) is 11.7 Å². The Balaban J connectivity index is 2.54. The zero-order valence-corrected chi connectivity index (χ0v) is 12.3. The van der Waals surface area contributed by atoms with Gasteiger partial charge in [0, 0.05) is 11.6 Å². The van der Waals surface area contributed by atoms with E-state index in [9.17, 15) is 9.18 Å². The molecule has 0 spiro atoms. The minimum Gasteiger partial charge on any atom is -0.352 e. The zero-order valence-electron chi connectivity index (χ0n) is 11.5. The first kappa shape index (κ1) is 16.0. The Morgan fingerprint density at radius 2 is 2.16 bits per heavy atom. The lowest BCUT2D eigenvalue weighted by molar-refractivity contribution is 0.0942. The molecule has 1 atom stereocenters. The van der Waals surface area contributed by atoms with Crippen LogP contribution < -0.4 is 5.32 Å². The number of halogens is 2. The number of benzene rings is 1. The number of nitrogens with one attached hydrogen (secondary N) is 1. The SMILES string of the molecule is CCCC[C@@H](CC)CNC(=O)c1ccc(Cl)cc1F. The molecule has 1 rings (SSSR count). The molecule has 2 nitrogen and oxygen atoms in total. The predicted octanol–water partition coefficient (Wildman–Crippen LogP) is 4.43. The number of rotatable bonds is 7. The van der Waals surface area contributed by atoms with Crippen LogP contribution in [0.4, 0.5) is 4.39 Å². The fraction of sp³-hybridized carbons (Fsp3) is 0.533. The Hall–Kier alpha value is -1.09. The average Bonchev–Trinajstić information content (AvgIpc) is 2.38. The van der Waals surface area contributed by atoms with E-state index >= 15 is 0 Å². The Kier molecular flexibility index (Phi) is 6.85. The Labute approximate surface area is 119 Å². The highest BCUT2D eigenvalue weighted by atomic mass is 35.5. The van der Waals surface area contributed by atoms with Crippen molar-refractivity contribution in [3.63, 3.8) is 0 Å². The molecule has 0 bridgehead atoms. The quantitative estimate of drug-likeness (QED) is 0.789. The first-order chi connectivity index (χ1) is 9.08. The number of amides is 1. The average molecular weight is 286 g/mol. The molecule has 4 heteroatoms. The van der Waals surface area contributed by atoms with Crippen molar-refractivity contribution in [1.29, 1.82) is 0 Å². The first-order valence-corrected chi connectivity index (χ1v) is 7.19. The molecule has 0 unspecified atom stereocenters. The van der Waals surface area contributed by atoms with Crippen LogP contribution in [-0.4, -0.2) is 12.5 Å². The highest BCUT2D eigenvalue weighted by molar-refractivity contribution is 6.30. The second-order valence-corrected chi connectivity index (χ2v) is 5.19. The third kappa shape index (κ3) is 5.19. The van der Waals surface area contributed by atoms with Gasteiger partial charge in [-0.05, 0) is 30.5 Å². The molecule has 1 aromatic carbocycles. The van der Waals surface area contributed by atoms with Gasteiger partial charge < -0.3 is 5.32 Å². The molecule has 106 valence electrons. The summed E-state index contributed by atoms with van der Waals surface area (Å²) in [6.45, 7) is 4.85. The monoisotopic (exact) mass is 285 g/mol. The summed E-state index contributed by atoms with van der Waals surface area (Å²) in [6, 6.07) is 4.10. The molecule has 0 fully saturated rings. The number of hydrogen-bond donors (Lipinski definition) is 1. The molecule has 0 aromatic heterocycles. The fourth-order valence-corrected chi connectivity index (χ4v) is 2.11. The largest absolute Gasteiger partial charge is 0.352 e. The minimum absolute atomic E-state index is 0.0507. The van der Waals surface area contributed by atoms with Crippen molar-refractivity contribution in [2.75, 3.05) is 6.54 Å². The van der Waals surface area contributed by atoms with Crippen molar-refractivity contribution in [3.05, 3.63) is 34.6 Å². The van der Waals surface area contributed by atoms with Gasteiger partial charge in [-0.1, -0.05) is 44.7 Å². The topological polar surface area (TPSA) is 29.1 Å². The number of carbonyl (C=O) groups excluding carboxylic acids is 1. The Morgan fingerprint density at radius 1 is 1.42 bits per heavy atom. The second-order valence-electron chi connectivity index (χ2n) is 4.75.